The van der Waals surface area contributed by atoms with Crippen molar-refractivity contribution in [1.29, 1.82) is 0 Å². The van der Waals surface area contributed by atoms with Crippen LogP contribution in [0.25, 0.3) is 0 Å². The summed E-state index contributed by atoms with van der Waals surface area (Å²) in [6.07, 6.45) is 5.26. The number of nitrogens with zero attached hydrogens (tertiary/aromatic N) is 1. The smallest absolute Gasteiger partial charge is 0.308 e. The maximum atomic E-state index is 10.5. The lowest BCUT2D eigenvalue weighted by Gasteiger charge is -2.21. The van der Waals surface area contributed by atoms with Gasteiger partial charge in [-0.2, -0.15) is 0 Å². The van der Waals surface area contributed by atoms with Crippen molar-refractivity contribution in [2.24, 2.45) is 5.92 Å². The number of hydrogen-bond acceptors (Lipinski definition) is 4. The SMILES string of the molecule is O=C(O)Cc1cnc(CC2CCCNC2)s1. The summed E-state index contributed by atoms with van der Waals surface area (Å²) < 4.78 is 0. The second-order valence-corrected chi connectivity index (χ2v) is 5.41. The molecule has 1 aliphatic heterocycles. The number of rotatable bonds is 4. The van der Waals surface area contributed by atoms with Crippen LogP contribution in [0.1, 0.15) is 22.7 Å². The minimum atomic E-state index is -0.783. The van der Waals surface area contributed by atoms with E-state index in [4.69, 9.17) is 5.11 Å². The average Bonchev–Trinajstić information content (AvgIpc) is 2.66. The molecule has 1 aromatic rings. The normalized spacial score (nSPS) is 20.9. The monoisotopic (exact) mass is 240 g/mol. The third-order valence-corrected chi connectivity index (χ3v) is 3.81. The van der Waals surface area contributed by atoms with Crippen LogP contribution < -0.4 is 5.32 Å². The Bertz CT molecular complexity index is 359. The first-order chi connectivity index (χ1) is 7.74. The molecule has 4 nitrogen and oxygen atoms in total. The second-order valence-electron chi connectivity index (χ2n) is 4.21. The quantitative estimate of drug-likeness (QED) is 0.833. The zero-order valence-corrected chi connectivity index (χ0v) is 9.92. The lowest BCUT2D eigenvalue weighted by atomic mass is 9.97. The number of piperidine rings is 1. The molecular formula is C11H16N2O2S. The van der Waals surface area contributed by atoms with Crippen molar-refractivity contribution in [3.63, 3.8) is 0 Å². The van der Waals surface area contributed by atoms with Crippen LogP contribution in [0.15, 0.2) is 6.20 Å². The molecule has 2 heterocycles. The number of nitrogens with one attached hydrogen (secondary N) is 1. The van der Waals surface area contributed by atoms with Gasteiger partial charge in [0.1, 0.15) is 0 Å². The fourth-order valence-corrected chi connectivity index (χ4v) is 3.05. The molecule has 0 bridgehead atoms. The molecule has 0 spiro atoms. The highest BCUT2D eigenvalue weighted by atomic mass is 32.1. The first kappa shape index (κ1) is 11.5. The van der Waals surface area contributed by atoms with Crippen LogP contribution in [0, 0.1) is 5.92 Å². The van der Waals surface area contributed by atoms with Gasteiger partial charge in [0.05, 0.1) is 11.4 Å². The van der Waals surface area contributed by atoms with E-state index < -0.39 is 5.97 Å². The van der Waals surface area contributed by atoms with Gasteiger partial charge in [0.2, 0.25) is 0 Å². The van der Waals surface area contributed by atoms with Gasteiger partial charge in [0.25, 0.3) is 0 Å². The number of hydrogen-bond donors (Lipinski definition) is 2. The highest BCUT2D eigenvalue weighted by Gasteiger charge is 2.15. The molecule has 2 rings (SSSR count). The van der Waals surface area contributed by atoms with Gasteiger partial charge < -0.3 is 10.4 Å². The molecule has 0 aliphatic carbocycles. The summed E-state index contributed by atoms with van der Waals surface area (Å²) in [5.41, 5.74) is 0. The van der Waals surface area contributed by atoms with Crippen molar-refractivity contribution in [1.82, 2.24) is 10.3 Å². The lowest BCUT2D eigenvalue weighted by Crippen LogP contribution is -2.30. The van der Waals surface area contributed by atoms with Crippen molar-refractivity contribution < 1.29 is 9.90 Å². The number of aromatic nitrogens is 1. The number of aliphatic carboxylic acids is 1. The molecule has 16 heavy (non-hydrogen) atoms. The van der Waals surface area contributed by atoms with Crippen LogP contribution in [0.5, 0.6) is 0 Å². The second kappa shape index (κ2) is 5.41. The van der Waals surface area contributed by atoms with E-state index in [2.05, 4.69) is 10.3 Å². The Hall–Kier alpha value is -0.940. The molecule has 5 heteroatoms. The van der Waals surface area contributed by atoms with E-state index >= 15 is 0 Å². The van der Waals surface area contributed by atoms with Gasteiger partial charge >= 0.3 is 5.97 Å². The Balaban J connectivity index is 1.88. The topological polar surface area (TPSA) is 62.2 Å². The number of carboxylic acid groups (broad SMARTS) is 1. The van der Waals surface area contributed by atoms with Crippen LogP contribution in [0.3, 0.4) is 0 Å². The van der Waals surface area contributed by atoms with Gasteiger partial charge in [0, 0.05) is 17.5 Å². The molecule has 1 aliphatic rings. The van der Waals surface area contributed by atoms with Gasteiger partial charge in [-0.05, 0) is 31.8 Å². The first-order valence-corrected chi connectivity index (χ1v) is 6.42. The van der Waals surface area contributed by atoms with Crippen LogP contribution >= 0.6 is 11.3 Å². The van der Waals surface area contributed by atoms with E-state index in [1.807, 2.05) is 0 Å². The highest BCUT2D eigenvalue weighted by Crippen LogP contribution is 2.20. The van der Waals surface area contributed by atoms with Crippen molar-refractivity contribution >= 4 is 17.3 Å². The summed E-state index contributed by atoms with van der Waals surface area (Å²) in [6.45, 7) is 2.19. The fraction of sp³-hybridized carbons (Fsp3) is 0.636. The zero-order valence-electron chi connectivity index (χ0n) is 9.11. The Morgan fingerprint density at radius 1 is 1.69 bits per heavy atom. The van der Waals surface area contributed by atoms with E-state index in [1.165, 1.54) is 24.2 Å². The van der Waals surface area contributed by atoms with E-state index in [0.29, 0.717) is 5.92 Å². The van der Waals surface area contributed by atoms with Crippen LogP contribution in [0.2, 0.25) is 0 Å². The summed E-state index contributed by atoms with van der Waals surface area (Å²) in [7, 11) is 0. The van der Waals surface area contributed by atoms with Crippen molar-refractivity contribution in [2.75, 3.05) is 13.1 Å². The molecular weight excluding hydrogens is 224 g/mol. The number of thiazole rings is 1. The van der Waals surface area contributed by atoms with Gasteiger partial charge in [-0.1, -0.05) is 0 Å². The molecule has 0 aromatic carbocycles. The Kier molecular flexibility index (Phi) is 3.90. The van der Waals surface area contributed by atoms with Gasteiger partial charge in [-0.3, -0.25) is 4.79 Å². The molecule has 2 N–H and O–H groups in total. The van der Waals surface area contributed by atoms with Crippen molar-refractivity contribution in [3.05, 3.63) is 16.1 Å². The summed E-state index contributed by atoms with van der Waals surface area (Å²) in [5.74, 6) is -0.118. The number of carboxylic acids is 1. The van der Waals surface area contributed by atoms with Gasteiger partial charge in [-0.25, -0.2) is 4.98 Å². The lowest BCUT2D eigenvalue weighted by molar-refractivity contribution is -0.136. The maximum Gasteiger partial charge on any atom is 0.308 e. The summed E-state index contributed by atoms with van der Waals surface area (Å²) in [6, 6.07) is 0. The number of carbonyl (C=O) groups is 1. The molecule has 0 saturated carbocycles. The zero-order chi connectivity index (χ0) is 11.4. The van der Waals surface area contributed by atoms with Crippen LogP contribution in [-0.4, -0.2) is 29.1 Å². The van der Waals surface area contributed by atoms with Crippen LogP contribution in [-0.2, 0) is 17.6 Å². The van der Waals surface area contributed by atoms with Gasteiger partial charge in [0.15, 0.2) is 0 Å². The summed E-state index contributed by atoms with van der Waals surface area (Å²) >= 11 is 1.54. The Morgan fingerprint density at radius 3 is 3.25 bits per heavy atom. The molecule has 1 unspecified atom stereocenters. The summed E-state index contributed by atoms with van der Waals surface area (Å²) in [4.78, 5) is 15.7. The van der Waals surface area contributed by atoms with E-state index in [-0.39, 0.29) is 6.42 Å². The average molecular weight is 240 g/mol. The third kappa shape index (κ3) is 3.28. The predicted octanol–water partition coefficient (Wildman–Crippen LogP) is 1.31. The molecule has 88 valence electrons. The largest absolute Gasteiger partial charge is 0.481 e. The van der Waals surface area contributed by atoms with Crippen molar-refractivity contribution in [3.8, 4) is 0 Å². The van der Waals surface area contributed by atoms with Crippen LogP contribution in [0.4, 0.5) is 0 Å². The van der Waals surface area contributed by atoms with E-state index in [0.717, 1.165) is 29.4 Å². The maximum absolute atomic E-state index is 10.5. The molecule has 1 saturated heterocycles. The molecule has 1 fully saturated rings. The molecule has 1 atom stereocenters. The Morgan fingerprint density at radius 2 is 2.56 bits per heavy atom. The Labute approximate surface area is 98.7 Å². The minimum absolute atomic E-state index is 0.0978. The van der Waals surface area contributed by atoms with E-state index in [9.17, 15) is 4.79 Å². The van der Waals surface area contributed by atoms with E-state index in [1.54, 1.807) is 6.20 Å². The molecule has 0 amide bonds. The predicted molar refractivity (Wildman–Crippen MR) is 62.8 cm³/mol. The fourth-order valence-electron chi connectivity index (χ4n) is 2.02. The highest BCUT2D eigenvalue weighted by molar-refractivity contribution is 7.11. The minimum Gasteiger partial charge on any atom is -0.481 e. The molecule has 1 aromatic heterocycles. The van der Waals surface area contributed by atoms with Crippen molar-refractivity contribution in [2.45, 2.75) is 25.7 Å². The summed E-state index contributed by atoms with van der Waals surface area (Å²) in [5, 5.41) is 13.1. The standard InChI is InChI=1S/C11H16N2O2S/c14-11(15)5-9-7-13-10(16-9)4-8-2-1-3-12-6-8/h7-8,12H,1-6H2,(H,14,15). The van der Waals surface area contributed by atoms with Gasteiger partial charge in [-0.15, -0.1) is 11.3 Å². The molecule has 0 radical (unpaired) electrons. The third-order valence-electron chi connectivity index (χ3n) is 2.79. The first-order valence-electron chi connectivity index (χ1n) is 5.60.